The Kier molecular flexibility index (Phi) is 6.95. The van der Waals surface area contributed by atoms with Gasteiger partial charge in [0.1, 0.15) is 11.8 Å². The Morgan fingerprint density at radius 1 is 1.30 bits per heavy atom. The summed E-state index contributed by atoms with van der Waals surface area (Å²) in [5, 5.41) is 10.4. The molecular weight excluding hydrogens is 596 g/mol. The second-order valence-electron chi connectivity index (χ2n) is 7.16. The van der Waals surface area contributed by atoms with Gasteiger partial charge >= 0.3 is 5.97 Å². The third-order valence-corrected chi connectivity index (χ3v) is 7.59. The maximum atomic E-state index is 13.6. The molecule has 6 nitrogen and oxygen atoms in total. The van der Waals surface area contributed by atoms with Crippen molar-refractivity contribution in [3.05, 3.63) is 92.5 Å². The summed E-state index contributed by atoms with van der Waals surface area (Å²) in [7, 11) is 0. The van der Waals surface area contributed by atoms with Crippen LogP contribution in [0.2, 0.25) is 5.02 Å². The number of allylic oxidation sites excluding steroid dienone is 1. The molecule has 0 unspecified atom stereocenters. The Bertz CT molecular complexity index is 1470. The molecule has 10 heteroatoms. The molecule has 170 valence electrons. The minimum atomic E-state index is -0.769. The van der Waals surface area contributed by atoms with Crippen molar-refractivity contribution >= 4 is 66.8 Å². The molecule has 0 amide bonds. The highest BCUT2D eigenvalue weighted by Crippen LogP contribution is 2.35. The lowest BCUT2D eigenvalue weighted by Gasteiger charge is -2.25. The summed E-state index contributed by atoms with van der Waals surface area (Å²) in [5.41, 5.74) is 1.75. The van der Waals surface area contributed by atoms with Crippen molar-refractivity contribution < 1.29 is 14.6 Å². The van der Waals surface area contributed by atoms with Crippen LogP contribution in [-0.4, -0.2) is 22.2 Å². The fourth-order valence-electron chi connectivity index (χ4n) is 3.60. The van der Waals surface area contributed by atoms with E-state index in [0.717, 1.165) is 0 Å². The fourth-order valence-corrected chi connectivity index (χ4v) is 6.11. The molecule has 0 radical (unpaired) electrons. The smallest absolute Gasteiger partial charge is 0.338 e. The van der Waals surface area contributed by atoms with Crippen molar-refractivity contribution in [2.45, 2.75) is 19.9 Å². The van der Waals surface area contributed by atoms with Gasteiger partial charge in [-0.05, 0) is 81.1 Å². The van der Waals surface area contributed by atoms with Crippen LogP contribution in [0.1, 0.15) is 31.0 Å². The fraction of sp³-hybridized carbons (Fsp3) is 0.174. The number of halogens is 3. The van der Waals surface area contributed by atoms with E-state index in [-0.39, 0.29) is 23.5 Å². The predicted molar refractivity (Wildman–Crippen MR) is 135 cm³/mol. The molecular formula is C23H17Br2ClN2O4S. The summed E-state index contributed by atoms with van der Waals surface area (Å²) >= 11 is 14.3. The van der Waals surface area contributed by atoms with Gasteiger partial charge in [-0.1, -0.05) is 41.1 Å². The van der Waals surface area contributed by atoms with Crippen LogP contribution in [0.3, 0.4) is 0 Å². The van der Waals surface area contributed by atoms with Gasteiger partial charge < -0.3 is 9.84 Å². The number of aromatic nitrogens is 1. The van der Waals surface area contributed by atoms with Gasteiger partial charge in [0.2, 0.25) is 0 Å². The van der Waals surface area contributed by atoms with Crippen molar-refractivity contribution in [3.8, 4) is 5.75 Å². The standard InChI is InChI=1S/C23H17Br2ClN2O4S/c1-3-32-22(31)18-11(2)27-23-28(19(18)13-6-4-5-7-16(13)26)21(30)17(33-23)10-12-8-14(24)20(29)15(25)9-12/h4-10,19,29H,3H2,1-2H3/b17-10-/t19-/m1/s1. The number of hydrogen-bond donors (Lipinski definition) is 1. The molecule has 1 aromatic heterocycles. The average Bonchev–Trinajstić information content (AvgIpc) is 3.06. The Labute approximate surface area is 214 Å². The van der Waals surface area contributed by atoms with Gasteiger partial charge in [0.25, 0.3) is 5.56 Å². The lowest BCUT2D eigenvalue weighted by atomic mass is 9.96. The van der Waals surface area contributed by atoms with Crippen molar-refractivity contribution in [1.82, 2.24) is 4.57 Å². The van der Waals surface area contributed by atoms with Crippen LogP contribution in [-0.2, 0) is 9.53 Å². The van der Waals surface area contributed by atoms with E-state index >= 15 is 0 Å². The maximum absolute atomic E-state index is 13.6. The number of phenolic OH excluding ortho intramolecular Hbond substituents is 1. The lowest BCUT2D eigenvalue weighted by molar-refractivity contribution is -0.139. The number of esters is 1. The highest BCUT2D eigenvalue weighted by Gasteiger charge is 2.34. The van der Waals surface area contributed by atoms with Crippen molar-refractivity contribution in [2.24, 2.45) is 4.99 Å². The van der Waals surface area contributed by atoms with Gasteiger partial charge in [-0.3, -0.25) is 9.36 Å². The minimum absolute atomic E-state index is 0.0713. The zero-order chi connectivity index (χ0) is 23.9. The molecule has 0 saturated heterocycles. The van der Waals surface area contributed by atoms with E-state index in [9.17, 15) is 14.7 Å². The van der Waals surface area contributed by atoms with E-state index in [1.54, 1.807) is 56.3 Å². The Morgan fingerprint density at radius 3 is 2.61 bits per heavy atom. The second kappa shape index (κ2) is 9.58. The molecule has 2 heterocycles. The normalized spacial score (nSPS) is 15.9. The summed E-state index contributed by atoms with van der Waals surface area (Å²) in [6, 6.07) is 9.75. The molecule has 1 N–H and O–H groups in total. The van der Waals surface area contributed by atoms with Crippen LogP contribution in [0, 0.1) is 0 Å². The van der Waals surface area contributed by atoms with Gasteiger partial charge in [0.15, 0.2) is 4.80 Å². The number of benzene rings is 2. The van der Waals surface area contributed by atoms with E-state index in [1.165, 1.54) is 15.9 Å². The number of nitrogens with zero attached hydrogens (tertiary/aromatic N) is 2. The average molecular weight is 613 g/mol. The summed E-state index contributed by atoms with van der Waals surface area (Å²) in [5.74, 6) is -0.466. The molecule has 0 saturated carbocycles. The number of rotatable bonds is 4. The summed E-state index contributed by atoms with van der Waals surface area (Å²) in [6.07, 6.45) is 1.71. The van der Waals surface area contributed by atoms with Gasteiger partial charge in [-0.25, -0.2) is 9.79 Å². The van der Waals surface area contributed by atoms with Crippen LogP contribution >= 0.6 is 54.8 Å². The third kappa shape index (κ3) is 4.47. The quantitative estimate of drug-likeness (QED) is 0.434. The molecule has 0 bridgehead atoms. The molecule has 33 heavy (non-hydrogen) atoms. The first kappa shape index (κ1) is 23.9. The molecule has 0 spiro atoms. The third-order valence-electron chi connectivity index (χ3n) is 5.05. The van der Waals surface area contributed by atoms with E-state index < -0.39 is 12.0 Å². The summed E-state index contributed by atoms with van der Waals surface area (Å²) in [6.45, 7) is 3.64. The highest BCUT2D eigenvalue weighted by atomic mass is 79.9. The summed E-state index contributed by atoms with van der Waals surface area (Å²) < 4.78 is 8.18. The van der Waals surface area contributed by atoms with Crippen LogP contribution < -0.4 is 14.9 Å². The van der Waals surface area contributed by atoms with Crippen LogP contribution in [0.25, 0.3) is 6.08 Å². The van der Waals surface area contributed by atoms with Gasteiger partial charge in [0.05, 0.1) is 31.4 Å². The monoisotopic (exact) mass is 610 g/mol. The first-order valence-corrected chi connectivity index (χ1v) is 12.6. The maximum Gasteiger partial charge on any atom is 0.338 e. The number of fused-ring (bicyclic) bond motifs is 1. The lowest BCUT2D eigenvalue weighted by Crippen LogP contribution is -2.40. The van der Waals surface area contributed by atoms with Gasteiger partial charge in [-0.2, -0.15) is 0 Å². The highest BCUT2D eigenvalue weighted by molar-refractivity contribution is 9.11. The zero-order valence-corrected chi connectivity index (χ0v) is 22.2. The Hall–Kier alpha value is -2.20. The summed E-state index contributed by atoms with van der Waals surface area (Å²) in [4.78, 5) is 31.5. The minimum Gasteiger partial charge on any atom is -0.506 e. The topological polar surface area (TPSA) is 80.9 Å². The SMILES string of the molecule is CCOC(=O)C1=C(C)N=c2s/c(=C\c3cc(Br)c(O)c(Br)c3)c(=O)n2[C@@H]1c1ccccc1Cl. The zero-order valence-electron chi connectivity index (χ0n) is 17.4. The number of hydrogen-bond acceptors (Lipinski definition) is 6. The van der Waals surface area contributed by atoms with E-state index in [1.807, 2.05) is 0 Å². The molecule has 2 aromatic carbocycles. The van der Waals surface area contributed by atoms with E-state index in [4.69, 9.17) is 16.3 Å². The van der Waals surface area contributed by atoms with E-state index in [2.05, 4.69) is 36.9 Å². The first-order chi connectivity index (χ1) is 15.7. The first-order valence-electron chi connectivity index (χ1n) is 9.85. The second-order valence-corrected chi connectivity index (χ2v) is 10.3. The Balaban J connectivity index is 1.98. The number of ether oxygens (including phenoxy) is 1. The van der Waals surface area contributed by atoms with Crippen LogP contribution in [0.15, 0.2) is 66.4 Å². The number of thiazole rings is 1. The van der Waals surface area contributed by atoms with Crippen LogP contribution in [0.5, 0.6) is 5.75 Å². The number of carbonyl (C=O) groups is 1. The Morgan fingerprint density at radius 2 is 1.97 bits per heavy atom. The van der Waals surface area contributed by atoms with Gasteiger partial charge in [0, 0.05) is 5.02 Å². The molecule has 0 aliphatic carbocycles. The molecule has 1 aliphatic heterocycles. The van der Waals surface area contributed by atoms with Crippen molar-refractivity contribution in [2.75, 3.05) is 6.61 Å². The largest absolute Gasteiger partial charge is 0.506 e. The van der Waals surface area contributed by atoms with Crippen molar-refractivity contribution in [1.29, 1.82) is 0 Å². The number of carbonyl (C=O) groups excluding carboxylic acids is 1. The molecule has 0 fully saturated rings. The molecule has 1 atom stereocenters. The molecule has 1 aliphatic rings. The van der Waals surface area contributed by atoms with Gasteiger partial charge in [-0.15, -0.1) is 0 Å². The van der Waals surface area contributed by atoms with Crippen LogP contribution in [0.4, 0.5) is 0 Å². The molecule has 3 aromatic rings. The predicted octanol–water partition coefficient (Wildman–Crippen LogP) is 4.68. The number of phenols is 1. The molecule has 4 rings (SSSR count). The number of aromatic hydroxyl groups is 1. The van der Waals surface area contributed by atoms with E-state index in [0.29, 0.717) is 40.1 Å². The van der Waals surface area contributed by atoms with Crippen molar-refractivity contribution in [3.63, 3.8) is 0 Å².